The summed E-state index contributed by atoms with van der Waals surface area (Å²) in [5.74, 6) is -0.449. The quantitative estimate of drug-likeness (QED) is 0.703. The summed E-state index contributed by atoms with van der Waals surface area (Å²) in [7, 11) is 1.57. The molecule has 1 aliphatic rings. The normalized spacial score (nSPS) is 19.8. The van der Waals surface area contributed by atoms with Gasteiger partial charge in [-0.1, -0.05) is 6.92 Å². The minimum Gasteiger partial charge on any atom is -0.353 e. The number of hydrogen-bond donors (Lipinski definition) is 1. The number of rotatable bonds is 3. The van der Waals surface area contributed by atoms with E-state index in [9.17, 15) is 14.4 Å². The molecule has 1 rings (SSSR count). The Kier molecular flexibility index (Phi) is 4.48. The van der Waals surface area contributed by atoms with E-state index in [-0.39, 0.29) is 24.3 Å². The van der Waals surface area contributed by atoms with E-state index in [1.54, 1.807) is 11.9 Å². The average molecular weight is 241 g/mol. The summed E-state index contributed by atoms with van der Waals surface area (Å²) in [4.78, 5) is 37.5. The molecule has 1 aliphatic heterocycles. The zero-order chi connectivity index (χ0) is 13.0. The van der Waals surface area contributed by atoms with Gasteiger partial charge in [0.05, 0.1) is 6.54 Å². The Morgan fingerprint density at radius 3 is 2.71 bits per heavy atom. The van der Waals surface area contributed by atoms with Crippen LogP contribution in [0, 0.1) is 0 Å². The molecule has 6 nitrogen and oxygen atoms in total. The first-order chi connectivity index (χ1) is 7.97. The Morgan fingerprint density at radius 2 is 2.18 bits per heavy atom. The summed E-state index contributed by atoms with van der Waals surface area (Å²) >= 11 is 0. The van der Waals surface area contributed by atoms with E-state index in [4.69, 9.17) is 0 Å². The van der Waals surface area contributed by atoms with Gasteiger partial charge in [0.2, 0.25) is 17.7 Å². The molecule has 0 aliphatic carbocycles. The van der Waals surface area contributed by atoms with Gasteiger partial charge in [-0.05, 0) is 6.42 Å². The molecule has 0 saturated carbocycles. The van der Waals surface area contributed by atoms with Crippen LogP contribution in [0.25, 0.3) is 0 Å². The Labute approximate surface area is 101 Å². The molecule has 1 atom stereocenters. The highest BCUT2D eigenvalue weighted by Gasteiger charge is 2.31. The van der Waals surface area contributed by atoms with Crippen LogP contribution < -0.4 is 5.32 Å². The molecular formula is C11H19N3O3. The van der Waals surface area contributed by atoms with Gasteiger partial charge in [0.1, 0.15) is 6.04 Å². The molecule has 6 heteroatoms. The van der Waals surface area contributed by atoms with E-state index in [0.717, 1.165) is 0 Å². The lowest BCUT2D eigenvalue weighted by atomic mass is 10.1. The maximum atomic E-state index is 12.0. The van der Waals surface area contributed by atoms with Crippen LogP contribution >= 0.6 is 0 Å². The lowest BCUT2D eigenvalue weighted by Crippen LogP contribution is -2.58. The van der Waals surface area contributed by atoms with Crippen LogP contribution in [0.3, 0.4) is 0 Å². The Bertz CT molecular complexity index is 330. The maximum absolute atomic E-state index is 12.0. The highest BCUT2D eigenvalue weighted by molar-refractivity contribution is 5.90. The number of nitrogens with one attached hydrogen (secondary N) is 1. The van der Waals surface area contributed by atoms with Crippen molar-refractivity contribution in [1.82, 2.24) is 15.1 Å². The molecule has 0 spiro atoms. The highest BCUT2D eigenvalue weighted by atomic mass is 16.2. The molecule has 17 heavy (non-hydrogen) atoms. The monoisotopic (exact) mass is 241 g/mol. The van der Waals surface area contributed by atoms with Crippen molar-refractivity contribution >= 4 is 17.7 Å². The van der Waals surface area contributed by atoms with Crippen molar-refractivity contribution in [2.45, 2.75) is 26.3 Å². The van der Waals surface area contributed by atoms with E-state index in [0.29, 0.717) is 19.5 Å². The van der Waals surface area contributed by atoms with Gasteiger partial charge in [0, 0.05) is 27.1 Å². The van der Waals surface area contributed by atoms with Gasteiger partial charge in [-0.2, -0.15) is 0 Å². The third-order valence-electron chi connectivity index (χ3n) is 2.95. The summed E-state index contributed by atoms with van der Waals surface area (Å²) in [6, 6.07) is -0.406. The number of nitrogens with zero attached hydrogens (tertiary/aromatic N) is 2. The molecule has 0 aromatic carbocycles. The van der Waals surface area contributed by atoms with Crippen molar-refractivity contribution in [3.05, 3.63) is 0 Å². The van der Waals surface area contributed by atoms with Crippen LogP contribution in [-0.2, 0) is 14.4 Å². The van der Waals surface area contributed by atoms with Crippen molar-refractivity contribution < 1.29 is 14.4 Å². The van der Waals surface area contributed by atoms with Crippen LogP contribution in [0.2, 0.25) is 0 Å². The predicted octanol–water partition coefficient (Wildman–Crippen LogP) is -0.798. The van der Waals surface area contributed by atoms with Gasteiger partial charge >= 0.3 is 0 Å². The van der Waals surface area contributed by atoms with E-state index < -0.39 is 6.04 Å². The summed E-state index contributed by atoms with van der Waals surface area (Å²) in [5, 5.41) is 2.73. The minimum atomic E-state index is -0.406. The summed E-state index contributed by atoms with van der Waals surface area (Å²) < 4.78 is 0. The minimum absolute atomic E-state index is 0.0269. The fourth-order valence-electron chi connectivity index (χ4n) is 1.82. The van der Waals surface area contributed by atoms with Gasteiger partial charge in [-0.15, -0.1) is 0 Å². The lowest BCUT2D eigenvalue weighted by Gasteiger charge is -2.35. The van der Waals surface area contributed by atoms with Gasteiger partial charge in [-0.3, -0.25) is 14.4 Å². The fraction of sp³-hybridized carbons (Fsp3) is 0.727. The largest absolute Gasteiger partial charge is 0.353 e. The molecule has 1 N–H and O–H groups in total. The van der Waals surface area contributed by atoms with Crippen LogP contribution in [-0.4, -0.2) is 60.2 Å². The van der Waals surface area contributed by atoms with Gasteiger partial charge in [-0.25, -0.2) is 0 Å². The smallest absolute Gasteiger partial charge is 0.242 e. The van der Waals surface area contributed by atoms with Gasteiger partial charge < -0.3 is 15.1 Å². The predicted molar refractivity (Wildman–Crippen MR) is 62.1 cm³/mol. The second-order valence-electron chi connectivity index (χ2n) is 4.18. The van der Waals surface area contributed by atoms with Crippen LogP contribution in [0.15, 0.2) is 0 Å². The van der Waals surface area contributed by atoms with Crippen molar-refractivity contribution in [2.75, 3.05) is 26.7 Å². The maximum Gasteiger partial charge on any atom is 0.242 e. The van der Waals surface area contributed by atoms with Crippen LogP contribution in [0.4, 0.5) is 0 Å². The van der Waals surface area contributed by atoms with Crippen molar-refractivity contribution in [1.29, 1.82) is 0 Å². The third kappa shape index (κ3) is 3.18. The van der Waals surface area contributed by atoms with Gasteiger partial charge in [0.25, 0.3) is 0 Å². The average Bonchev–Trinajstić information content (AvgIpc) is 2.28. The number of amides is 3. The number of piperazine rings is 1. The molecule has 0 aromatic rings. The first-order valence-electron chi connectivity index (χ1n) is 5.76. The van der Waals surface area contributed by atoms with Crippen LogP contribution in [0.5, 0.6) is 0 Å². The van der Waals surface area contributed by atoms with E-state index in [2.05, 4.69) is 5.32 Å². The molecular weight excluding hydrogens is 222 g/mol. The second kappa shape index (κ2) is 5.65. The molecule has 0 bridgehead atoms. The van der Waals surface area contributed by atoms with E-state index >= 15 is 0 Å². The molecule has 1 unspecified atom stereocenters. The number of carbonyl (C=O) groups is 3. The topological polar surface area (TPSA) is 69.7 Å². The third-order valence-corrected chi connectivity index (χ3v) is 2.95. The molecule has 3 amide bonds. The van der Waals surface area contributed by atoms with Crippen molar-refractivity contribution in [3.8, 4) is 0 Å². The SMILES string of the molecule is CCC1C(=O)NCCN1C(=O)CN(C)C(C)=O. The van der Waals surface area contributed by atoms with Crippen LogP contribution in [0.1, 0.15) is 20.3 Å². The summed E-state index contributed by atoms with van der Waals surface area (Å²) in [6.45, 7) is 4.29. The number of likely N-dealkylation sites (N-methyl/N-ethyl adjacent to an activating group) is 1. The molecule has 0 aromatic heterocycles. The Morgan fingerprint density at radius 1 is 1.53 bits per heavy atom. The fourth-order valence-corrected chi connectivity index (χ4v) is 1.82. The van der Waals surface area contributed by atoms with E-state index in [1.807, 2.05) is 6.92 Å². The highest BCUT2D eigenvalue weighted by Crippen LogP contribution is 2.09. The van der Waals surface area contributed by atoms with Crippen molar-refractivity contribution in [2.24, 2.45) is 0 Å². The summed E-state index contributed by atoms with van der Waals surface area (Å²) in [6.07, 6.45) is 0.585. The lowest BCUT2D eigenvalue weighted by molar-refractivity contribution is -0.146. The zero-order valence-electron chi connectivity index (χ0n) is 10.5. The molecule has 96 valence electrons. The Hall–Kier alpha value is -1.59. The van der Waals surface area contributed by atoms with E-state index in [1.165, 1.54) is 11.8 Å². The van der Waals surface area contributed by atoms with Crippen molar-refractivity contribution in [3.63, 3.8) is 0 Å². The molecule has 1 heterocycles. The standard InChI is InChI=1S/C11H19N3O3/c1-4-9-11(17)12-5-6-14(9)10(16)7-13(3)8(2)15/h9H,4-7H2,1-3H3,(H,12,17). The molecule has 1 fully saturated rings. The summed E-state index contributed by atoms with van der Waals surface area (Å²) in [5.41, 5.74) is 0. The van der Waals surface area contributed by atoms with Gasteiger partial charge in [0.15, 0.2) is 0 Å². The first-order valence-corrected chi connectivity index (χ1v) is 5.76. The second-order valence-corrected chi connectivity index (χ2v) is 4.18. The zero-order valence-corrected chi connectivity index (χ0v) is 10.5. The molecule has 1 saturated heterocycles. The number of hydrogen-bond acceptors (Lipinski definition) is 3. The Balaban J connectivity index is 2.66. The molecule has 0 radical (unpaired) electrons. The first kappa shape index (κ1) is 13.5. The number of carbonyl (C=O) groups excluding carboxylic acids is 3.